The summed E-state index contributed by atoms with van der Waals surface area (Å²) in [5.74, 6) is 0. The Kier molecular flexibility index (Phi) is 3.42. The summed E-state index contributed by atoms with van der Waals surface area (Å²) in [5.41, 5.74) is 7.33. The van der Waals surface area contributed by atoms with Crippen molar-refractivity contribution < 1.29 is 0 Å². The van der Waals surface area contributed by atoms with Gasteiger partial charge in [0.25, 0.3) is 0 Å². The van der Waals surface area contributed by atoms with E-state index >= 15 is 0 Å². The van der Waals surface area contributed by atoms with E-state index in [2.05, 4.69) is 28.5 Å². The highest BCUT2D eigenvalue weighted by atomic mass is 15.3. The number of rotatable bonds is 3. The van der Waals surface area contributed by atoms with Gasteiger partial charge in [-0.05, 0) is 42.3 Å². The SMILES string of the molecule is Cc1ccccc1/C=N/Nc1cccc2ncccc12. The van der Waals surface area contributed by atoms with Crippen molar-refractivity contribution in [2.24, 2.45) is 5.10 Å². The summed E-state index contributed by atoms with van der Waals surface area (Å²) in [6.45, 7) is 2.07. The molecule has 3 heteroatoms. The first kappa shape index (κ1) is 12.4. The molecule has 0 bridgehead atoms. The van der Waals surface area contributed by atoms with Crippen molar-refractivity contribution in [1.29, 1.82) is 0 Å². The molecule has 1 heterocycles. The molecular weight excluding hydrogens is 246 g/mol. The van der Waals surface area contributed by atoms with Gasteiger partial charge in [-0.2, -0.15) is 5.10 Å². The van der Waals surface area contributed by atoms with Crippen molar-refractivity contribution >= 4 is 22.8 Å². The first-order valence-corrected chi connectivity index (χ1v) is 6.53. The molecule has 3 aromatic rings. The predicted molar refractivity (Wildman–Crippen MR) is 84.1 cm³/mol. The number of pyridine rings is 1. The average Bonchev–Trinajstić information content (AvgIpc) is 2.49. The molecule has 20 heavy (non-hydrogen) atoms. The van der Waals surface area contributed by atoms with E-state index in [1.54, 1.807) is 6.20 Å². The zero-order valence-corrected chi connectivity index (χ0v) is 11.2. The van der Waals surface area contributed by atoms with E-state index in [0.29, 0.717) is 0 Å². The van der Waals surface area contributed by atoms with Crippen LogP contribution < -0.4 is 5.43 Å². The van der Waals surface area contributed by atoms with Crippen molar-refractivity contribution in [2.75, 3.05) is 5.43 Å². The lowest BCUT2D eigenvalue weighted by atomic mass is 10.1. The molecular formula is C17H15N3. The molecule has 1 aromatic heterocycles. The first-order valence-electron chi connectivity index (χ1n) is 6.53. The minimum absolute atomic E-state index is 0.959. The summed E-state index contributed by atoms with van der Waals surface area (Å²) in [7, 11) is 0. The number of nitrogens with zero attached hydrogens (tertiary/aromatic N) is 2. The zero-order valence-electron chi connectivity index (χ0n) is 11.2. The standard InChI is InChI=1S/C17H15N3/c1-13-6-2-3-7-14(13)12-19-20-17-10-4-9-16-15(17)8-5-11-18-16/h2-12,20H,1H3/b19-12+. The summed E-state index contributed by atoms with van der Waals surface area (Å²) in [6.07, 6.45) is 3.63. The van der Waals surface area contributed by atoms with Gasteiger partial charge in [0.05, 0.1) is 17.4 Å². The second kappa shape index (κ2) is 5.53. The van der Waals surface area contributed by atoms with Gasteiger partial charge in [-0.15, -0.1) is 0 Å². The summed E-state index contributed by atoms with van der Waals surface area (Å²) in [6, 6.07) is 18.1. The van der Waals surface area contributed by atoms with Gasteiger partial charge in [-0.3, -0.25) is 10.4 Å². The van der Waals surface area contributed by atoms with Crippen LogP contribution in [0.3, 0.4) is 0 Å². The molecule has 0 atom stereocenters. The highest BCUT2D eigenvalue weighted by molar-refractivity contribution is 5.91. The third-order valence-electron chi connectivity index (χ3n) is 3.22. The molecule has 0 aliphatic rings. The Labute approximate surface area is 118 Å². The lowest BCUT2D eigenvalue weighted by Gasteiger charge is -2.05. The fourth-order valence-electron chi connectivity index (χ4n) is 2.10. The van der Waals surface area contributed by atoms with Crippen molar-refractivity contribution in [2.45, 2.75) is 6.92 Å². The van der Waals surface area contributed by atoms with Gasteiger partial charge in [0, 0.05) is 11.6 Å². The second-order valence-electron chi connectivity index (χ2n) is 4.60. The summed E-state index contributed by atoms with van der Waals surface area (Å²) < 4.78 is 0. The molecule has 0 fully saturated rings. The Bertz CT molecular complexity index is 758. The number of aryl methyl sites for hydroxylation is 1. The molecule has 98 valence electrons. The van der Waals surface area contributed by atoms with Crippen LogP contribution in [0.4, 0.5) is 5.69 Å². The van der Waals surface area contributed by atoms with Crippen molar-refractivity contribution in [3.8, 4) is 0 Å². The van der Waals surface area contributed by atoms with E-state index in [-0.39, 0.29) is 0 Å². The van der Waals surface area contributed by atoms with Crippen LogP contribution in [-0.2, 0) is 0 Å². The Morgan fingerprint density at radius 3 is 2.80 bits per heavy atom. The van der Waals surface area contributed by atoms with E-state index in [9.17, 15) is 0 Å². The number of aromatic nitrogens is 1. The number of fused-ring (bicyclic) bond motifs is 1. The van der Waals surface area contributed by atoms with Crippen LogP contribution in [0.15, 0.2) is 65.9 Å². The highest BCUT2D eigenvalue weighted by Crippen LogP contribution is 2.21. The topological polar surface area (TPSA) is 37.3 Å². The molecule has 2 aromatic carbocycles. The van der Waals surface area contributed by atoms with Crippen LogP contribution in [0, 0.1) is 6.92 Å². The maximum atomic E-state index is 4.33. The first-order chi connectivity index (χ1) is 9.84. The van der Waals surface area contributed by atoms with Gasteiger partial charge < -0.3 is 0 Å². The van der Waals surface area contributed by atoms with Crippen molar-refractivity contribution in [3.63, 3.8) is 0 Å². The molecule has 3 rings (SSSR count). The Hall–Kier alpha value is -2.68. The maximum Gasteiger partial charge on any atom is 0.0723 e. The number of hydrogen-bond acceptors (Lipinski definition) is 3. The van der Waals surface area contributed by atoms with Gasteiger partial charge >= 0.3 is 0 Å². The Morgan fingerprint density at radius 1 is 1.00 bits per heavy atom. The highest BCUT2D eigenvalue weighted by Gasteiger charge is 1.99. The van der Waals surface area contributed by atoms with Crippen LogP contribution in [0.5, 0.6) is 0 Å². The minimum atomic E-state index is 0.959. The van der Waals surface area contributed by atoms with Crippen LogP contribution in [-0.4, -0.2) is 11.2 Å². The number of anilines is 1. The Balaban J connectivity index is 1.86. The largest absolute Gasteiger partial charge is 0.278 e. The molecule has 0 radical (unpaired) electrons. The molecule has 0 unspecified atom stereocenters. The number of hydrogen-bond donors (Lipinski definition) is 1. The van der Waals surface area contributed by atoms with E-state index < -0.39 is 0 Å². The lowest BCUT2D eigenvalue weighted by Crippen LogP contribution is -1.93. The minimum Gasteiger partial charge on any atom is -0.278 e. The van der Waals surface area contributed by atoms with Crippen LogP contribution in [0.25, 0.3) is 10.9 Å². The van der Waals surface area contributed by atoms with E-state index in [0.717, 1.165) is 22.2 Å². The molecule has 0 spiro atoms. The summed E-state index contributed by atoms with van der Waals surface area (Å²) in [4.78, 5) is 4.33. The van der Waals surface area contributed by atoms with Crippen LogP contribution in [0.1, 0.15) is 11.1 Å². The summed E-state index contributed by atoms with van der Waals surface area (Å²) >= 11 is 0. The molecule has 0 aliphatic carbocycles. The third kappa shape index (κ3) is 2.52. The third-order valence-corrected chi connectivity index (χ3v) is 3.22. The molecule has 0 saturated heterocycles. The van der Waals surface area contributed by atoms with Gasteiger partial charge in [0.15, 0.2) is 0 Å². The lowest BCUT2D eigenvalue weighted by molar-refractivity contribution is 1.34. The van der Waals surface area contributed by atoms with E-state index in [4.69, 9.17) is 0 Å². The van der Waals surface area contributed by atoms with E-state index in [1.807, 2.05) is 54.7 Å². The molecule has 1 N–H and O–H groups in total. The van der Waals surface area contributed by atoms with Gasteiger partial charge in [-0.25, -0.2) is 0 Å². The predicted octanol–water partition coefficient (Wildman–Crippen LogP) is 3.99. The zero-order chi connectivity index (χ0) is 13.8. The fourth-order valence-corrected chi connectivity index (χ4v) is 2.10. The molecule has 0 saturated carbocycles. The Morgan fingerprint density at radius 2 is 1.90 bits per heavy atom. The average molecular weight is 261 g/mol. The normalized spacial score (nSPS) is 11.1. The molecule has 0 amide bonds. The number of hydrazone groups is 1. The van der Waals surface area contributed by atoms with Gasteiger partial charge in [0.1, 0.15) is 0 Å². The molecule has 3 nitrogen and oxygen atoms in total. The molecule has 0 aliphatic heterocycles. The monoisotopic (exact) mass is 261 g/mol. The second-order valence-corrected chi connectivity index (χ2v) is 4.60. The van der Waals surface area contributed by atoms with Gasteiger partial charge in [-0.1, -0.05) is 30.3 Å². The quantitative estimate of drug-likeness (QED) is 0.571. The summed E-state index contributed by atoms with van der Waals surface area (Å²) in [5, 5.41) is 5.39. The number of nitrogens with one attached hydrogen (secondary N) is 1. The van der Waals surface area contributed by atoms with Crippen LogP contribution >= 0.6 is 0 Å². The van der Waals surface area contributed by atoms with Crippen molar-refractivity contribution in [3.05, 3.63) is 71.9 Å². The van der Waals surface area contributed by atoms with Crippen LogP contribution in [0.2, 0.25) is 0 Å². The fraction of sp³-hybridized carbons (Fsp3) is 0.0588. The van der Waals surface area contributed by atoms with Gasteiger partial charge in [0.2, 0.25) is 0 Å². The van der Waals surface area contributed by atoms with Crippen molar-refractivity contribution in [1.82, 2.24) is 4.98 Å². The van der Waals surface area contributed by atoms with E-state index in [1.165, 1.54) is 5.56 Å². The number of benzene rings is 2. The maximum absolute atomic E-state index is 4.33. The smallest absolute Gasteiger partial charge is 0.0723 e.